The van der Waals surface area contributed by atoms with E-state index < -0.39 is 0 Å². The van der Waals surface area contributed by atoms with Gasteiger partial charge in [-0.25, -0.2) is 4.98 Å². The fraction of sp³-hybridized carbons (Fsp3) is 0.467. The van der Waals surface area contributed by atoms with Gasteiger partial charge in [0, 0.05) is 6.04 Å². The molecule has 4 nitrogen and oxygen atoms in total. The Hall–Kier alpha value is -2.02. The van der Waals surface area contributed by atoms with Crippen molar-refractivity contribution in [1.82, 2.24) is 9.55 Å². The van der Waals surface area contributed by atoms with Crippen LogP contribution in [0.2, 0.25) is 0 Å². The molecule has 0 spiro atoms. The van der Waals surface area contributed by atoms with E-state index in [2.05, 4.69) is 22.5 Å². The van der Waals surface area contributed by atoms with Gasteiger partial charge in [-0.15, -0.1) is 0 Å². The lowest BCUT2D eigenvalue weighted by Crippen LogP contribution is -2.22. The summed E-state index contributed by atoms with van der Waals surface area (Å²) in [6.07, 6.45) is 4.93. The standard InChI is InChI=1S/C15H18N4/c1-10-5-2-3-7-12(10)19-13-8-4-6-11(9-16)14(13)18-15(19)17/h4,6,8,10,12H,2-3,5,7H2,1H3,(H2,17,18). The molecule has 19 heavy (non-hydrogen) atoms. The molecule has 1 aromatic heterocycles. The Morgan fingerprint density at radius 2 is 2.16 bits per heavy atom. The second kappa shape index (κ2) is 4.58. The van der Waals surface area contributed by atoms with Crippen LogP contribution in [0.15, 0.2) is 18.2 Å². The van der Waals surface area contributed by atoms with Crippen LogP contribution in [0.25, 0.3) is 11.0 Å². The van der Waals surface area contributed by atoms with Crippen LogP contribution in [-0.4, -0.2) is 9.55 Å². The van der Waals surface area contributed by atoms with Crippen molar-refractivity contribution in [2.75, 3.05) is 5.73 Å². The summed E-state index contributed by atoms with van der Waals surface area (Å²) >= 11 is 0. The summed E-state index contributed by atoms with van der Waals surface area (Å²) in [5.41, 5.74) is 8.45. The van der Waals surface area contributed by atoms with E-state index in [4.69, 9.17) is 11.0 Å². The molecule has 1 saturated carbocycles. The van der Waals surface area contributed by atoms with Crippen molar-refractivity contribution < 1.29 is 0 Å². The van der Waals surface area contributed by atoms with Crippen LogP contribution in [0.1, 0.15) is 44.2 Å². The Bertz CT molecular complexity index is 650. The zero-order valence-electron chi connectivity index (χ0n) is 11.1. The van der Waals surface area contributed by atoms with Gasteiger partial charge in [0.25, 0.3) is 0 Å². The first-order valence-electron chi connectivity index (χ1n) is 6.89. The third-order valence-corrected chi connectivity index (χ3v) is 4.27. The Kier molecular flexibility index (Phi) is 2.90. The van der Waals surface area contributed by atoms with Gasteiger partial charge in [0.15, 0.2) is 0 Å². The highest BCUT2D eigenvalue weighted by molar-refractivity contribution is 5.84. The summed E-state index contributed by atoms with van der Waals surface area (Å²) in [6, 6.07) is 8.32. The molecule has 1 aliphatic rings. The van der Waals surface area contributed by atoms with Gasteiger partial charge >= 0.3 is 0 Å². The summed E-state index contributed by atoms with van der Waals surface area (Å²) in [7, 11) is 0. The number of hydrogen-bond acceptors (Lipinski definition) is 3. The Labute approximate surface area is 112 Å². The van der Waals surface area contributed by atoms with Gasteiger partial charge < -0.3 is 10.3 Å². The topological polar surface area (TPSA) is 67.6 Å². The molecule has 98 valence electrons. The van der Waals surface area contributed by atoms with Crippen molar-refractivity contribution in [2.45, 2.75) is 38.6 Å². The molecule has 0 radical (unpaired) electrons. The van der Waals surface area contributed by atoms with E-state index in [-0.39, 0.29) is 0 Å². The van der Waals surface area contributed by atoms with E-state index in [0.717, 1.165) is 17.5 Å². The molecule has 2 unspecified atom stereocenters. The first kappa shape index (κ1) is 12.0. The number of para-hydroxylation sites is 1. The van der Waals surface area contributed by atoms with Gasteiger partial charge in [0.2, 0.25) is 5.95 Å². The number of nitrogens with two attached hydrogens (primary N) is 1. The average Bonchev–Trinajstić information content (AvgIpc) is 2.75. The highest BCUT2D eigenvalue weighted by atomic mass is 15.2. The second-order valence-corrected chi connectivity index (χ2v) is 5.45. The lowest BCUT2D eigenvalue weighted by molar-refractivity contribution is 0.264. The predicted octanol–water partition coefficient (Wildman–Crippen LogP) is 3.24. The minimum atomic E-state index is 0.410. The third-order valence-electron chi connectivity index (χ3n) is 4.27. The van der Waals surface area contributed by atoms with Crippen LogP contribution < -0.4 is 5.73 Å². The summed E-state index contributed by atoms with van der Waals surface area (Å²) in [6.45, 7) is 2.28. The molecule has 0 amide bonds. The van der Waals surface area contributed by atoms with Gasteiger partial charge in [0.05, 0.1) is 11.1 Å². The van der Waals surface area contributed by atoms with Crippen LogP contribution in [0.5, 0.6) is 0 Å². The normalized spacial score (nSPS) is 23.4. The lowest BCUT2D eigenvalue weighted by atomic mass is 9.85. The minimum Gasteiger partial charge on any atom is -0.369 e. The number of nitrogen functional groups attached to an aromatic ring is 1. The highest BCUT2D eigenvalue weighted by Crippen LogP contribution is 2.37. The number of imidazole rings is 1. The van der Waals surface area contributed by atoms with Gasteiger partial charge in [-0.1, -0.05) is 25.8 Å². The molecule has 4 heteroatoms. The number of aromatic nitrogens is 2. The van der Waals surface area contributed by atoms with E-state index in [1.807, 2.05) is 12.1 Å². The average molecular weight is 254 g/mol. The maximum Gasteiger partial charge on any atom is 0.201 e. The van der Waals surface area contributed by atoms with Crippen molar-refractivity contribution in [2.24, 2.45) is 5.92 Å². The molecule has 3 rings (SSSR count). The lowest BCUT2D eigenvalue weighted by Gasteiger charge is -2.30. The summed E-state index contributed by atoms with van der Waals surface area (Å²) in [4.78, 5) is 4.41. The minimum absolute atomic E-state index is 0.410. The molecule has 1 heterocycles. The number of benzene rings is 1. The Morgan fingerprint density at radius 1 is 1.37 bits per heavy atom. The number of anilines is 1. The SMILES string of the molecule is CC1CCCCC1n1c(N)nc2c(C#N)cccc21. The van der Waals surface area contributed by atoms with Crippen molar-refractivity contribution in [3.05, 3.63) is 23.8 Å². The molecule has 1 fully saturated rings. The van der Waals surface area contributed by atoms with Crippen LogP contribution >= 0.6 is 0 Å². The molecule has 2 N–H and O–H groups in total. The first-order chi connectivity index (χ1) is 9.22. The van der Waals surface area contributed by atoms with Gasteiger partial charge in [-0.2, -0.15) is 5.26 Å². The molecular weight excluding hydrogens is 236 g/mol. The number of nitrogens with zero attached hydrogens (tertiary/aromatic N) is 3. The maximum atomic E-state index is 9.16. The molecule has 2 atom stereocenters. The smallest absolute Gasteiger partial charge is 0.201 e. The monoisotopic (exact) mass is 254 g/mol. The van der Waals surface area contributed by atoms with E-state index in [0.29, 0.717) is 23.5 Å². The Morgan fingerprint density at radius 3 is 2.89 bits per heavy atom. The quantitative estimate of drug-likeness (QED) is 0.849. The van der Waals surface area contributed by atoms with E-state index in [1.54, 1.807) is 6.07 Å². The van der Waals surface area contributed by atoms with Crippen LogP contribution in [0.4, 0.5) is 5.95 Å². The summed E-state index contributed by atoms with van der Waals surface area (Å²) in [5, 5.41) is 9.16. The van der Waals surface area contributed by atoms with Crippen molar-refractivity contribution in [3.63, 3.8) is 0 Å². The van der Waals surface area contributed by atoms with E-state index in [9.17, 15) is 0 Å². The summed E-state index contributed by atoms with van der Waals surface area (Å²) < 4.78 is 2.14. The predicted molar refractivity (Wildman–Crippen MR) is 75.5 cm³/mol. The summed E-state index contributed by atoms with van der Waals surface area (Å²) in [5.74, 6) is 1.15. The molecule has 0 aliphatic heterocycles. The number of hydrogen-bond donors (Lipinski definition) is 1. The number of fused-ring (bicyclic) bond motifs is 1. The second-order valence-electron chi connectivity index (χ2n) is 5.45. The molecule has 1 aliphatic carbocycles. The van der Waals surface area contributed by atoms with Crippen LogP contribution in [-0.2, 0) is 0 Å². The van der Waals surface area contributed by atoms with Gasteiger partial charge in [-0.3, -0.25) is 0 Å². The molecular formula is C15H18N4. The van der Waals surface area contributed by atoms with Gasteiger partial charge in [0.1, 0.15) is 11.6 Å². The van der Waals surface area contributed by atoms with Gasteiger partial charge in [-0.05, 0) is 30.9 Å². The molecule has 2 aromatic rings. The molecule has 1 aromatic carbocycles. The Balaban J connectivity index is 2.18. The van der Waals surface area contributed by atoms with Crippen LogP contribution in [0, 0.1) is 17.2 Å². The largest absolute Gasteiger partial charge is 0.369 e. The van der Waals surface area contributed by atoms with E-state index in [1.165, 1.54) is 19.3 Å². The van der Waals surface area contributed by atoms with E-state index >= 15 is 0 Å². The fourth-order valence-corrected chi connectivity index (χ4v) is 3.25. The first-order valence-corrected chi connectivity index (χ1v) is 6.89. The van der Waals surface area contributed by atoms with Crippen LogP contribution in [0.3, 0.4) is 0 Å². The number of nitriles is 1. The van der Waals surface area contributed by atoms with Crippen molar-refractivity contribution in [1.29, 1.82) is 5.26 Å². The van der Waals surface area contributed by atoms with Crippen molar-refractivity contribution in [3.8, 4) is 6.07 Å². The zero-order valence-corrected chi connectivity index (χ0v) is 11.1. The zero-order chi connectivity index (χ0) is 13.4. The van der Waals surface area contributed by atoms with Crippen molar-refractivity contribution >= 4 is 17.0 Å². The highest BCUT2D eigenvalue weighted by Gasteiger charge is 2.26. The number of rotatable bonds is 1. The molecule has 0 bridgehead atoms. The maximum absolute atomic E-state index is 9.16. The third kappa shape index (κ3) is 1.86. The fourth-order valence-electron chi connectivity index (χ4n) is 3.25. The molecule has 0 saturated heterocycles.